The smallest absolute Gasteiger partial charge is 0.261 e. The molecular formula is C19H20N2O4S. The summed E-state index contributed by atoms with van der Waals surface area (Å²) in [6, 6.07) is 9.66. The molecule has 1 aliphatic rings. The van der Waals surface area contributed by atoms with Crippen molar-refractivity contribution in [1.29, 1.82) is 0 Å². The maximum Gasteiger partial charge on any atom is 0.261 e. The number of aryl methyl sites for hydroxylation is 2. The minimum absolute atomic E-state index is 0.0166. The van der Waals surface area contributed by atoms with Crippen LogP contribution < -0.4 is 9.62 Å². The Morgan fingerprint density at radius 2 is 1.85 bits per heavy atom. The van der Waals surface area contributed by atoms with E-state index in [1.165, 1.54) is 13.0 Å². The number of carbonyl (C=O) groups excluding carboxylic acids is 2. The maximum absolute atomic E-state index is 12.8. The number of anilines is 2. The lowest BCUT2D eigenvalue weighted by atomic mass is 10.0. The fourth-order valence-corrected chi connectivity index (χ4v) is 4.13. The second-order valence-corrected chi connectivity index (χ2v) is 8.12. The van der Waals surface area contributed by atoms with Gasteiger partial charge in [-0.2, -0.15) is 0 Å². The maximum atomic E-state index is 12.8. The van der Waals surface area contributed by atoms with Crippen molar-refractivity contribution >= 4 is 33.1 Å². The van der Waals surface area contributed by atoms with Crippen LogP contribution in [-0.4, -0.2) is 27.2 Å². The first-order chi connectivity index (χ1) is 12.2. The second-order valence-electron chi connectivity index (χ2n) is 6.43. The van der Waals surface area contributed by atoms with Gasteiger partial charge in [-0.1, -0.05) is 12.1 Å². The SMILES string of the molecule is CC(=O)c1ccc(C)c(NS(=O)(=O)c2ccc3c(c2)CCC(=O)N3C)c1. The average molecular weight is 372 g/mol. The molecule has 0 saturated heterocycles. The third kappa shape index (κ3) is 3.35. The van der Waals surface area contributed by atoms with Crippen LogP contribution in [0.2, 0.25) is 0 Å². The molecule has 0 atom stereocenters. The van der Waals surface area contributed by atoms with Crippen LogP contribution in [0.25, 0.3) is 0 Å². The van der Waals surface area contributed by atoms with E-state index in [9.17, 15) is 18.0 Å². The number of amides is 1. The summed E-state index contributed by atoms with van der Waals surface area (Å²) in [6.07, 6.45) is 0.876. The quantitative estimate of drug-likeness (QED) is 0.837. The molecule has 7 heteroatoms. The van der Waals surface area contributed by atoms with Gasteiger partial charge in [-0.3, -0.25) is 14.3 Å². The highest BCUT2D eigenvalue weighted by atomic mass is 32.2. The zero-order chi connectivity index (χ0) is 19.1. The Morgan fingerprint density at radius 3 is 2.54 bits per heavy atom. The minimum Gasteiger partial charge on any atom is -0.315 e. The molecule has 0 fully saturated rings. The molecule has 0 spiro atoms. The molecule has 1 amide bonds. The molecule has 0 aliphatic carbocycles. The van der Waals surface area contributed by atoms with Gasteiger partial charge in [0.25, 0.3) is 10.0 Å². The summed E-state index contributed by atoms with van der Waals surface area (Å²) in [6.45, 7) is 3.21. The molecule has 136 valence electrons. The van der Waals surface area contributed by atoms with E-state index in [2.05, 4.69) is 4.72 Å². The van der Waals surface area contributed by atoms with Gasteiger partial charge >= 0.3 is 0 Å². The number of nitrogens with one attached hydrogen (secondary N) is 1. The number of carbonyl (C=O) groups is 2. The molecular weight excluding hydrogens is 352 g/mol. The molecule has 0 aromatic heterocycles. The fraction of sp³-hybridized carbons (Fsp3) is 0.263. The minimum atomic E-state index is -3.81. The van der Waals surface area contributed by atoms with E-state index in [4.69, 9.17) is 0 Å². The van der Waals surface area contributed by atoms with Gasteiger partial charge in [0.1, 0.15) is 0 Å². The Kier molecular flexibility index (Phi) is 4.58. The summed E-state index contributed by atoms with van der Waals surface area (Å²) in [5.74, 6) is -0.116. The highest BCUT2D eigenvalue weighted by molar-refractivity contribution is 7.92. The molecule has 0 radical (unpaired) electrons. The molecule has 0 unspecified atom stereocenters. The largest absolute Gasteiger partial charge is 0.315 e. The third-order valence-corrected chi connectivity index (χ3v) is 5.96. The summed E-state index contributed by atoms with van der Waals surface area (Å²) in [7, 11) is -2.12. The predicted molar refractivity (Wildman–Crippen MR) is 100 cm³/mol. The predicted octanol–water partition coefficient (Wildman–Crippen LogP) is 2.91. The van der Waals surface area contributed by atoms with Crippen LogP contribution in [0.15, 0.2) is 41.3 Å². The topological polar surface area (TPSA) is 83.5 Å². The lowest BCUT2D eigenvalue weighted by Crippen LogP contribution is -2.31. The molecule has 3 rings (SSSR count). The molecule has 26 heavy (non-hydrogen) atoms. The van der Waals surface area contributed by atoms with Crippen LogP contribution in [0.4, 0.5) is 11.4 Å². The van der Waals surface area contributed by atoms with E-state index in [1.54, 1.807) is 49.2 Å². The van der Waals surface area contributed by atoms with Crippen LogP contribution in [0, 0.1) is 6.92 Å². The van der Waals surface area contributed by atoms with Crippen molar-refractivity contribution in [1.82, 2.24) is 0 Å². The summed E-state index contributed by atoms with van der Waals surface area (Å²) >= 11 is 0. The average Bonchev–Trinajstić information content (AvgIpc) is 2.59. The highest BCUT2D eigenvalue weighted by Gasteiger charge is 2.24. The number of hydrogen-bond acceptors (Lipinski definition) is 4. The molecule has 1 heterocycles. The van der Waals surface area contributed by atoms with Crippen molar-refractivity contribution in [3.05, 3.63) is 53.1 Å². The molecule has 1 N–H and O–H groups in total. The Balaban J connectivity index is 1.96. The molecule has 0 saturated carbocycles. The molecule has 2 aromatic rings. The normalized spacial score (nSPS) is 14.1. The van der Waals surface area contributed by atoms with Crippen LogP contribution in [0.3, 0.4) is 0 Å². The van der Waals surface area contributed by atoms with Gasteiger partial charge in [0.15, 0.2) is 5.78 Å². The van der Waals surface area contributed by atoms with Crippen molar-refractivity contribution in [3.8, 4) is 0 Å². The molecule has 2 aromatic carbocycles. The number of benzene rings is 2. The van der Waals surface area contributed by atoms with Crippen molar-refractivity contribution in [2.45, 2.75) is 31.6 Å². The molecule has 6 nitrogen and oxygen atoms in total. The van der Waals surface area contributed by atoms with Gasteiger partial charge in [0.05, 0.1) is 10.6 Å². The Bertz CT molecular complexity index is 1010. The highest BCUT2D eigenvalue weighted by Crippen LogP contribution is 2.30. The van der Waals surface area contributed by atoms with Crippen molar-refractivity contribution in [2.75, 3.05) is 16.7 Å². The summed E-state index contributed by atoms with van der Waals surface area (Å²) in [5.41, 5.74) is 3.10. The summed E-state index contributed by atoms with van der Waals surface area (Å²) in [5, 5.41) is 0. The number of sulfonamides is 1. The van der Waals surface area contributed by atoms with Gasteiger partial charge in [0, 0.05) is 24.7 Å². The monoisotopic (exact) mass is 372 g/mol. The van der Waals surface area contributed by atoms with Gasteiger partial charge in [-0.05, 0) is 55.7 Å². The van der Waals surface area contributed by atoms with Crippen molar-refractivity contribution in [2.24, 2.45) is 0 Å². The van der Waals surface area contributed by atoms with Crippen LogP contribution in [0.1, 0.15) is 34.8 Å². The van der Waals surface area contributed by atoms with Gasteiger partial charge in [0.2, 0.25) is 5.91 Å². The standard InChI is InChI=1S/C19H20N2O4S/c1-12-4-5-14(13(2)22)11-17(12)20-26(24,25)16-7-8-18-15(10-16)6-9-19(23)21(18)3/h4-5,7-8,10-11,20H,6,9H2,1-3H3. The van der Waals surface area contributed by atoms with E-state index in [-0.39, 0.29) is 16.6 Å². The van der Waals surface area contributed by atoms with Crippen molar-refractivity contribution in [3.63, 3.8) is 0 Å². The van der Waals surface area contributed by atoms with E-state index < -0.39 is 10.0 Å². The van der Waals surface area contributed by atoms with Crippen LogP contribution in [-0.2, 0) is 21.2 Å². The van der Waals surface area contributed by atoms with E-state index in [0.717, 1.165) is 16.8 Å². The number of hydrogen-bond donors (Lipinski definition) is 1. The van der Waals surface area contributed by atoms with Gasteiger partial charge < -0.3 is 4.90 Å². The zero-order valence-corrected chi connectivity index (χ0v) is 15.7. The fourth-order valence-electron chi connectivity index (χ4n) is 2.95. The van der Waals surface area contributed by atoms with Crippen LogP contribution in [0.5, 0.6) is 0 Å². The first-order valence-corrected chi connectivity index (χ1v) is 9.71. The Morgan fingerprint density at radius 1 is 1.12 bits per heavy atom. The zero-order valence-electron chi connectivity index (χ0n) is 14.9. The number of ketones is 1. The number of Topliss-reactive ketones (excluding diaryl/α,β-unsaturated/α-hetero) is 1. The number of fused-ring (bicyclic) bond motifs is 1. The lowest BCUT2D eigenvalue weighted by molar-refractivity contribution is -0.118. The van der Waals surface area contributed by atoms with Gasteiger partial charge in [-0.15, -0.1) is 0 Å². The first-order valence-electron chi connectivity index (χ1n) is 8.23. The van der Waals surface area contributed by atoms with Crippen LogP contribution >= 0.6 is 0 Å². The number of rotatable bonds is 4. The van der Waals surface area contributed by atoms with Crippen molar-refractivity contribution < 1.29 is 18.0 Å². The molecule has 0 bridgehead atoms. The summed E-state index contributed by atoms with van der Waals surface area (Å²) in [4.78, 5) is 25.0. The Labute approximate surface area is 152 Å². The lowest BCUT2D eigenvalue weighted by Gasteiger charge is -2.26. The van der Waals surface area contributed by atoms with E-state index in [0.29, 0.717) is 24.1 Å². The van der Waals surface area contributed by atoms with E-state index in [1.807, 2.05) is 0 Å². The second kappa shape index (κ2) is 6.57. The number of nitrogens with zero attached hydrogens (tertiary/aromatic N) is 1. The molecule has 1 aliphatic heterocycles. The third-order valence-electron chi connectivity index (χ3n) is 4.59. The van der Waals surface area contributed by atoms with Gasteiger partial charge in [-0.25, -0.2) is 8.42 Å². The summed E-state index contributed by atoms with van der Waals surface area (Å²) < 4.78 is 28.1. The Hall–Kier alpha value is -2.67. The van der Waals surface area contributed by atoms with E-state index >= 15 is 0 Å². The first kappa shape index (κ1) is 18.1.